The molecule has 1 rings (SSSR count). The minimum Gasteiger partial charge on any atom is -0.382 e. The number of methoxy groups -OCH3 is 1. The summed E-state index contributed by atoms with van der Waals surface area (Å²) in [5.74, 6) is 0.588. The smallest absolute Gasteiger partial charge is 0.0701 e. The van der Waals surface area contributed by atoms with Crippen LogP contribution in [0, 0.1) is 0 Å². The van der Waals surface area contributed by atoms with E-state index >= 15 is 0 Å². The predicted octanol–water partition coefficient (Wildman–Crippen LogP) is 3.38. The Hall–Kier alpha value is -0.900. The van der Waals surface area contributed by atoms with Crippen molar-refractivity contribution in [3.63, 3.8) is 0 Å². The van der Waals surface area contributed by atoms with Crippen molar-refractivity contribution in [3.8, 4) is 0 Å². The highest BCUT2D eigenvalue weighted by Gasteiger charge is 2.09. The molecule has 0 spiro atoms. The molecule has 0 radical (unpaired) electrons. The molecule has 0 saturated carbocycles. The van der Waals surface area contributed by atoms with E-state index < -0.39 is 0 Å². The van der Waals surface area contributed by atoms with Gasteiger partial charge in [0.05, 0.1) is 19.8 Å². The molecule has 1 atom stereocenters. The first-order valence-electron chi connectivity index (χ1n) is 8.06. The van der Waals surface area contributed by atoms with Crippen molar-refractivity contribution in [1.82, 2.24) is 5.32 Å². The van der Waals surface area contributed by atoms with Gasteiger partial charge in [-0.15, -0.1) is 0 Å². The first-order chi connectivity index (χ1) is 10.2. The topological polar surface area (TPSA) is 30.5 Å². The Morgan fingerprint density at radius 2 is 1.81 bits per heavy atom. The van der Waals surface area contributed by atoms with Crippen molar-refractivity contribution in [2.24, 2.45) is 0 Å². The molecule has 3 nitrogen and oxygen atoms in total. The fraction of sp³-hybridized carbons (Fsp3) is 0.667. The van der Waals surface area contributed by atoms with Crippen molar-refractivity contribution >= 4 is 0 Å². The highest BCUT2D eigenvalue weighted by molar-refractivity contribution is 5.25. The lowest BCUT2D eigenvalue weighted by Crippen LogP contribution is -2.36. The lowest BCUT2D eigenvalue weighted by Gasteiger charge is -2.19. The fourth-order valence-electron chi connectivity index (χ4n) is 2.23. The zero-order chi connectivity index (χ0) is 15.5. The maximum Gasteiger partial charge on any atom is 0.0701 e. The molecule has 0 bridgehead atoms. The van der Waals surface area contributed by atoms with E-state index in [2.05, 4.69) is 50.4 Å². The summed E-state index contributed by atoms with van der Waals surface area (Å²) in [4.78, 5) is 0. The van der Waals surface area contributed by atoms with Gasteiger partial charge in [0.2, 0.25) is 0 Å². The summed E-state index contributed by atoms with van der Waals surface area (Å²) in [5, 5.41) is 3.57. The third kappa shape index (κ3) is 7.60. The van der Waals surface area contributed by atoms with Gasteiger partial charge in [0, 0.05) is 13.2 Å². The van der Waals surface area contributed by atoms with E-state index in [4.69, 9.17) is 9.47 Å². The molecular formula is C18H31NO2. The largest absolute Gasteiger partial charge is 0.382 e. The van der Waals surface area contributed by atoms with Gasteiger partial charge in [-0.05, 0) is 36.4 Å². The van der Waals surface area contributed by atoms with Crippen molar-refractivity contribution in [2.45, 2.75) is 45.6 Å². The molecule has 21 heavy (non-hydrogen) atoms. The summed E-state index contributed by atoms with van der Waals surface area (Å²) >= 11 is 0. The Balaban J connectivity index is 2.49. The number of rotatable bonds is 11. The molecule has 1 aromatic carbocycles. The van der Waals surface area contributed by atoms with E-state index in [1.54, 1.807) is 7.11 Å². The van der Waals surface area contributed by atoms with Crippen molar-refractivity contribution in [3.05, 3.63) is 35.4 Å². The van der Waals surface area contributed by atoms with Crippen LogP contribution in [-0.2, 0) is 15.9 Å². The van der Waals surface area contributed by atoms with Gasteiger partial charge >= 0.3 is 0 Å². The van der Waals surface area contributed by atoms with Gasteiger partial charge in [0.1, 0.15) is 0 Å². The van der Waals surface area contributed by atoms with Crippen molar-refractivity contribution < 1.29 is 9.47 Å². The molecule has 0 amide bonds. The van der Waals surface area contributed by atoms with E-state index in [0.29, 0.717) is 25.2 Å². The molecule has 0 heterocycles. The van der Waals surface area contributed by atoms with Gasteiger partial charge in [-0.25, -0.2) is 0 Å². The highest BCUT2D eigenvalue weighted by atomic mass is 16.5. The minimum absolute atomic E-state index is 0.367. The van der Waals surface area contributed by atoms with Crippen LogP contribution in [0.15, 0.2) is 24.3 Å². The van der Waals surface area contributed by atoms with E-state index in [0.717, 1.165) is 26.0 Å². The van der Waals surface area contributed by atoms with Crippen LogP contribution in [0.1, 0.15) is 44.2 Å². The van der Waals surface area contributed by atoms with Crippen molar-refractivity contribution in [1.29, 1.82) is 0 Å². The molecule has 0 aromatic heterocycles. The maximum absolute atomic E-state index is 5.68. The molecule has 1 aromatic rings. The Kier molecular flexibility index (Phi) is 9.31. The molecule has 120 valence electrons. The summed E-state index contributed by atoms with van der Waals surface area (Å²) in [5.41, 5.74) is 2.76. The van der Waals surface area contributed by atoms with Gasteiger partial charge in [0.25, 0.3) is 0 Å². The summed E-state index contributed by atoms with van der Waals surface area (Å²) in [6, 6.07) is 9.33. The molecule has 0 fully saturated rings. The van der Waals surface area contributed by atoms with Crippen LogP contribution in [0.2, 0.25) is 0 Å². The van der Waals surface area contributed by atoms with Gasteiger partial charge < -0.3 is 14.8 Å². The zero-order valence-corrected chi connectivity index (χ0v) is 14.0. The number of hydrogen-bond acceptors (Lipinski definition) is 3. The van der Waals surface area contributed by atoms with E-state index in [9.17, 15) is 0 Å². The zero-order valence-electron chi connectivity index (χ0n) is 14.0. The van der Waals surface area contributed by atoms with Gasteiger partial charge in [-0.1, -0.05) is 45.0 Å². The van der Waals surface area contributed by atoms with Crippen LogP contribution in [-0.4, -0.2) is 39.5 Å². The molecule has 3 heteroatoms. The fourth-order valence-corrected chi connectivity index (χ4v) is 2.23. The number of benzene rings is 1. The minimum atomic E-state index is 0.367. The van der Waals surface area contributed by atoms with Crippen LogP contribution < -0.4 is 5.32 Å². The quantitative estimate of drug-likeness (QED) is 0.634. The molecule has 0 aliphatic carbocycles. The third-order valence-corrected chi connectivity index (χ3v) is 3.56. The van der Waals surface area contributed by atoms with Crippen LogP contribution in [0.25, 0.3) is 0 Å². The maximum atomic E-state index is 5.68. The first kappa shape index (κ1) is 18.1. The Morgan fingerprint density at radius 3 is 2.38 bits per heavy atom. The lowest BCUT2D eigenvalue weighted by molar-refractivity contribution is 0.0587. The summed E-state index contributed by atoms with van der Waals surface area (Å²) in [6.45, 7) is 9.72. The Morgan fingerprint density at radius 1 is 1.10 bits per heavy atom. The average molecular weight is 293 g/mol. The summed E-state index contributed by atoms with van der Waals surface area (Å²) in [7, 11) is 1.70. The molecule has 0 saturated heterocycles. The summed E-state index contributed by atoms with van der Waals surface area (Å²) < 4.78 is 10.7. The first-order valence-corrected chi connectivity index (χ1v) is 8.06. The predicted molar refractivity (Wildman–Crippen MR) is 89.0 cm³/mol. The van der Waals surface area contributed by atoms with E-state index in [1.165, 1.54) is 11.1 Å². The van der Waals surface area contributed by atoms with Crippen molar-refractivity contribution in [2.75, 3.05) is 33.5 Å². The Bertz CT molecular complexity index is 362. The Labute approximate surface area is 130 Å². The number of ether oxygens (including phenoxy) is 2. The molecule has 0 aliphatic rings. The van der Waals surface area contributed by atoms with E-state index in [-0.39, 0.29) is 0 Å². The summed E-state index contributed by atoms with van der Waals surface area (Å²) in [6.07, 6.45) is 2.15. The highest BCUT2D eigenvalue weighted by Crippen LogP contribution is 2.15. The second kappa shape index (κ2) is 10.8. The van der Waals surface area contributed by atoms with Gasteiger partial charge in [0.15, 0.2) is 0 Å². The van der Waals surface area contributed by atoms with E-state index in [1.807, 2.05) is 0 Å². The molecular weight excluding hydrogens is 262 g/mol. The SMILES string of the molecule is CCCNC(COCCOC)Cc1ccc(C(C)C)cc1. The lowest BCUT2D eigenvalue weighted by atomic mass is 9.99. The average Bonchev–Trinajstić information content (AvgIpc) is 2.49. The monoisotopic (exact) mass is 293 g/mol. The van der Waals surface area contributed by atoms with Crippen LogP contribution in [0.4, 0.5) is 0 Å². The second-order valence-electron chi connectivity index (χ2n) is 5.82. The standard InChI is InChI=1S/C18H31NO2/c1-5-10-19-18(14-21-12-11-20-4)13-16-6-8-17(9-7-16)15(2)3/h6-9,15,18-19H,5,10-14H2,1-4H3. The number of nitrogens with one attached hydrogen (secondary N) is 1. The second-order valence-corrected chi connectivity index (χ2v) is 5.82. The van der Waals surface area contributed by atoms with Gasteiger partial charge in [-0.3, -0.25) is 0 Å². The molecule has 1 N–H and O–H groups in total. The molecule has 1 unspecified atom stereocenters. The third-order valence-electron chi connectivity index (χ3n) is 3.56. The molecule has 0 aliphatic heterocycles. The van der Waals surface area contributed by atoms with Crippen LogP contribution in [0.5, 0.6) is 0 Å². The number of hydrogen-bond donors (Lipinski definition) is 1. The normalized spacial score (nSPS) is 12.8. The van der Waals surface area contributed by atoms with Crippen LogP contribution >= 0.6 is 0 Å². The van der Waals surface area contributed by atoms with Gasteiger partial charge in [-0.2, -0.15) is 0 Å². The van der Waals surface area contributed by atoms with Crippen LogP contribution in [0.3, 0.4) is 0 Å².